The van der Waals surface area contributed by atoms with Gasteiger partial charge in [0, 0.05) is 19.3 Å². The summed E-state index contributed by atoms with van der Waals surface area (Å²) in [6, 6.07) is 0. The Hall–Kier alpha value is -3.15. The summed E-state index contributed by atoms with van der Waals surface area (Å²) in [6.45, 7) is 6.52. The van der Waals surface area contributed by atoms with E-state index in [1.54, 1.807) is 0 Å². The summed E-state index contributed by atoms with van der Waals surface area (Å²) in [6.07, 6.45) is 74.7. The monoisotopic (exact) mass is 977 g/mol. The highest BCUT2D eigenvalue weighted by molar-refractivity contribution is 5.71. The zero-order chi connectivity index (χ0) is 50.7. The number of carbonyl (C=O) groups is 3. The summed E-state index contributed by atoms with van der Waals surface area (Å²) in [5.41, 5.74) is 0. The van der Waals surface area contributed by atoms with Gasteiger partial charge in [-0.25, -0.2) is 0 Å². The van der Waals surface area contributed by atoms with E-state index < -0.39 is 6.10 Å². The maximum Gasteiger partial charge on any atom is 0.306 e. The molecule has 0 saturated carbocycles. The van der Waals surface area contributed by atoms with Crippen LogP contribution in [0.5, 0.6) is 0 Å². The molecule has 0 bridgehead atoms. The van der Waals surface area contributed by atoms with Gasteiger partial charge >= 0.3 is 17.9 Å². The lowest BCUT2D eigenvalue weighted by molar-refractivity contribution is -0.167. The highest BCUT2D eigenvalue weighted by Crippen LogP contribution is 2.17. The molecule has 6 heteroatoms. The van der Waals surface area contributed by atoms with E-state index in [0.717, 1.165) is 96.3 Å². The highest BCUT2D eigenvalue weighted by Gasteiger charge is 2.19. The summed E-state index contributed by atoms with van der Waals surface area (Å²) < 4.78 is 16.9. The van der Waals surface area contributed by atoms with Crippen LogP contribution in [0.3, 0.4) is 0 Å². The van der Waals surface area contributed by atoms with Gasteiger partial charge in [0.05, 0.1) is 0 Å². The van der Waals surface area contributed by atoms with Crippen LogP contribution in [-0.2, 0) is 28.6 Å². The quantitative estimate of drug-likeness (QED) is 0.0261. The van der Waals surface area contributed by atoms with Gasteiger partial charge in [0.2, 0.25) is 0 Å². The molecule has 0 aromatic rings. The van der Waals surface area contributed by atoms with Gasteiger partial charge in [-0.3, -0.25) is 14.4 Å². The van der Waals surface area contributed by atoms with Crippen molar-refractivity contribution in [1.82, 2.24) is 0 Å². The predicted molar refractivity (Wildman–Crippen MR) is 302 cm³/mol. The second kappa shape index (κ2) is 58.4. The van der Waals surface area contributed by atoms with Crippen molar-refractivity contribution >= 4 is 17.9 Å². The van der Waals surface area contributed by atoms with Crippen molar-refractivity contribution in [3.05, 3.63) is 72.9 Å². The van der Waals surface area contributed by atoms with Crippen molar-refractivity contribution in [2.45, 2.75) is 303 Å². The normalized spacial score (nSPS) is 12.6. The molecule has 0 N–H and O–H groups in total. The minimum atomic E-state index is -0.790. The lowest BCUT2D eigenvalue weighted by Gasteiger charge is -2.18. The minimum absolute atomic E-state index is 0.0853. The third-order valence-corrected chi connectivity index (χ3v) is 13.0. The van der Waals surface area contributed by atoms with Crippen molar-refractivity contribution in [2.24, 2.45) is 0 Å². The second-order valence-corrected chi connectivity index (χ2v) is 19.9. The first-order valence-electron chi connectivity index (χ1n) is 29.9. The number of unbranched alkanes of at least 4 members (excludes halogenated alkanes) is 31. The SMILES string of the molecule is CC/C=C\C/C=C\C/C=C\C/C=C\C/C=C\C/C=C\CCCCC(=O)OCC(COC(=O)CCCCCCCCCCCCCC)OC(=O)CCCCCCCCCCCCCCCCCCCCC. The van der Waals surface area contributed by atoms with Crippen LogP contribution in [0, 0.1) is 0 Å². The van der Waals surface area contributed by atoms with E-state index in [-0.39, 0.29) is 31.1 Å². The standard InChI is InChI=1S/C64H112O6/c1-4-7-10-13-16-19-22-25-27-29-31-32-34-35-37-39-42-45-48-51-54-57-63(66)69-60-61(59-68-62(65)56-53-50-47-44-41-24-21-18-15-12-9-6-3)70-64(67)58-55-52-49-46-43-40-38-36-33-30-28-26-23-20-17-14-11-8-5-2/h7,10,16,19,25,27,31-32,35,37,42,45,61H,4-6,8-9,11-15,17-18,20-24,26,28-30,33-34,36,38-41,43-44,46-60H2,1-3H3/b10-7-,19-16-,27-25-,32-31-,37-35-,45-42-. The molecule has 1 unspecified atom stereocenters. The molecule has 0 aliphatic carbocycles. The van der Waals surface area contributed by atoms with Crippen molar-refractivity contribution in [2.75, 3.05) is 13.2 Å². The summed E-state index contributed by atoms with van der Waals surface area (Å²) in [5, 5.41) is 0. The minimum Gasteiger partial charge on any atom is -0.462 e. The zero-order valence-corrected chi connectivity index (χ0v) is 46.3. The zero-order valence-electron chi connectivity index (χ0n) is 46.3. The largest absolute Gasteiger partial charge is 0.462 e. The van der Waals surface area contributed by atoms with E-state index in [9.17, 15) is 14.4 Å². The average Bonchev–Trinajstić information content (AvgIpc) is 3.36. The Kier molecular flexibility index (Phi) is 55.8. The lowest BCUT2D eigenvalue weighted by Crippen LogP contribution is -2.30. The van der Waals surface area contributed by atoms with Crippen molar-refractivity contribution in [1.29, 1.82) is 0 Å². The maximum atomic E-state index is 12.9. The highest BCUT2D eigenvalue weighted by atomic mass is 16.6. The van der Waals surface area contributed by atoms with E-state index in [4.69, 9.17) is 14.2 Å². The first kappa shape index (κ1) is 66.9. The number of esters is 3. The van der Waals surface area contributed by atoms with Gasteiger partial charge < -0.3 is 14.2 Å². The number of rotatable bonds is 54. The van der Waals surface area contributed by atoms with Crippen LogP contribution >= 0.6 is 0 Å². The van der Waals surface area contributed by atoms with Gasteiger partial charge in [-0.2, -0.15) is 0 Å². The number of hydrogen-bond donors (Lipinski definition) is 0. The number of hydrogen-bond acceptors (Lipinski definition) is 6. The first-order chi connectivity index (χ1) is 34.5. The molecule has 1 atom stereocenters. The Balaban J connectivity index is 4.39. The molecule has 70 heavy (non-hydrogen) atoms. The molecule has 0 aliphatic heterocycles. The maximum absolute atomic E-state index is 12.9. The Bertz CT molecular complexity index is 1310. The molecule has 0 spiro atoms. The topological polar surface area (TPSA) is 78.9 Å². The molecular weight excluding hydrogens is 865 g/mol. The fourth-order valence-corrected chi connectivity index (χ4v) is 8.51. The molecule has 0 fully saturated rings. The Morgan fingerprint density at radius 1 is 0.300 bits per heavy atom. The third kappa shape index (κ3) is 55.8. The van der Waals surface area contributed by atoms with Crippen molar-refractivity contribution in [3.63, 3.8) is 0 Å². The molecule has 0 rings (SSSR count). The summed E-state index contributed by atoms with van der Waals surface area (Å²) in [4.78, 5) is 38.2. The Labute approximate surface area is 433 Å². The number of ether oxygens (including phenoxy) is 3. The fourth-order valence-electron chi connectivity index (χ4n) is 8.51. The Morgan fingerprint density at radius 2 is 0.557 bits per heavy atom. The molecule has 0 heterocycles. The average molecular weight is 978 g/mol. The molecule has 0 aromatic carbocycles. The lowest BCUT2D eigenvalue weighted by atomic mass is 10.0. The van der Waals surface area contributed by atoms with E-state index in [2.05, 4.69) is 93.7 Å². The smallest absolute Gasteiger partial charge is 0.306 e. The van der Waals surface area contributed by atoms with Crippen LogP contribution in [0.25, 0.3) is 0 Å². The van der Waals surface area contributed by atoms with Crippen LogP contribution in [0.15, 0.2) is 72.9 Å². The van der Waals surface area contributed by atoms with Crippen LogP contribution in [0.2, 0.25) is 0 Å². The predicted octanol–water partition coefficient (Wildman–Crippen LogP) is 20.2. The Morgan fingerprint density at radius 3 is 0.871 bits per heavy atom. The molecular formula is C64H112O6. The van der Waals surface area contributed by atoms with Crippen molar-refractivity contribution in [3.8, 4) is 0 Å². The van der Waals surface area contributed by atoms with Gasteiger partial charge in [0.1, 0.15) is 13.2 Å². The van der Waals surface area contributed by atoms with Crippen LogP contribution in [0.1, 0.15) is 297 Å². The number of carbonyl (C=O) groups excluding carboxylic acids is 3. The van der Waals surface area contributed by atoms with E-state index >= 15 is 0 Å². The summed E-state index contributed by atoms with van der Waals surface area (Å²) in [7, 11) is 0. The first-order valence-corrected chi connectivity index (χ1v) is 29.9. The molecule has 0 radical (unpaired) electrons. The summed E-state index contributed by atoms with van der Waals surface area (Å²) in [5.74, 6) is -0.917. The van der Waals surface area contributed by atoms with Crippen molar-refractivity contribution < 1.29 is 28.6 Å². The van der Waals surface area contributed by atoms with E-state index in [1.807, 2.05) is 0 Å². The van der Waals surface area contributed by atoms with E-state index in [1.165, 1.54) is 161 Å². The summed E-state index contributed by atoms with van der Waals surface area (Å²) >= 11 is 0. The van der Waals surface area contributed by atoms with Gasteiger partial charge in [-0.1, -0.05) is 280 Å². The number of allylic oxidation sites excluding steroid dienone is 12. The van der Waals surface area contributed by atoms with Gasteiger partial charge in [0.25, 0.3) is 0 Å². The van der Waals surface area contributed by atoms with Gasteiger partial charge in [0.15, 0.2) is 6.10 Å². The van der Waals surface area contributed by atoms with Gasteiger partial charge in [-0.15, -0.1) is 0 Å². The molecule has 0 amide bonds. The van der Waals surface area contributed by atoms with Crippen LogP contribution < -0.4 is 0 Å². The van der Waals surface area contributed by atoms with E-state index in [0.29, 0.717) is 19.3 Å². The molecule has 0 aliphatic rings. The molecule has 404 valence electrons. The van der Waals surface area contributed by atoms with Gasteiger partial charge in [-0.05, 0) is 70.6 Å². The fraction of sp³-hybridized carbons (Fsp3) is 0.766. The van der Waals surface area contributed by atoms with Crippen LogP contribution in [-0.4, -0.2) is 37.2 Å². The molecule has 6 nitrogen and oxygen atoms in total. The molecule has 0 saturated heterocycles. The second-order valence-electron chi connectivity index (χ2n) is 19.9. The third-order valence-electron chi connectivity index (χ3n) is 13.0. The van der Waals surface area contributed by atoms with Crippen LogP contribution in [0.4, 0.5) is 0 Å². The molecule has 0 aromatic heterocycles.